The summed E-state index contributed by atoms with van der Waals surface area (Å²) < 4.78 is 0. The van der Waals surface area contributed by atoms with Crippen molar-refractivity contribution in [3.63, 3.8) is 0 Å². The van der Waals surface area contributed by atoms with E-state index < -0.39 is 0 Å². The lowest BCUT2D eigenvalue weighted by atomic mass is 10.0. The molecule has 0 aromatic heterocycles. The lowest BCUT2D eigenvalue weighted by Crippen LogP contribution is -2.37. The van der Waals surface area contributed by atoms with Crippen LogP contribution in [-0.4, -0.2) is 34.7 Å². The highest BCUT2D eigenvalue weighted by atomic mass is 35.5. The molecule has 0 aliphatic carbocycles. The molecule has 122 valence electrons. The predicted molar refractivity (Wildman–Crippen MR) is 92.0 cm³/mol. The molecule has 0 unspecified atom stereocenters. The first-order valence-electron chi connectivity index (χ1n) is 8.09. The van der Waals surface area contributed by atoms with Crippen molar-refractivity contribution in [3.8, 4) is 0 Å². The van der Waals surface area contributed by atoms with E-state index in [-0.39, 0.29) is 18.4 Å². The van der Waals surface area contributed by atoms with Gasteiger partial charge < -0.3 is 0 Å². The summed E-state index contributed by atoms with van der Waals surface area (Å²) in [5, 5.41) is 0.601. The van der Waals surface area contributed by atoms with Gasteiger partial charge in [-0.3, -0.25) is 19.4 Å². The number of benzene rings is 2. The molecule has 24 heavy (non-hydrogen) atoms. The van der Waals surface area contributed by atoms with Gasteiger partial charge in [0.25, 0.3) is 11.8 Å². The SMILES string of the molecule is O=C1c2ccccc2C(=O)N1Cc1c(Cl)cccc1CN1CCC1. The number of rotatable bonds is 4. The maximum absolute atomic E-state index is 12.6. The predicted octanol–water partition coefficient (Wildman–Crippen LogP) is 3.34. The Bertz CT molecular complexity index is 795. The number of fused-ring (bicyclic) bond motifs is 1. The molecule has 2 aromatic rings. The van der Waals surface area contributed by atoms with Crippen LogP contribution in [0, 0.1) is 0 Å². The Morgan fingerprint density at radius 3 is 2.12 bits per heavy atom. The molecule has 4 rings (SSSR count). The van der Waals surface area contributed by atoms with E-state index in [4.69, 9.17) is 11.6 Å². The molecule has 5 heteroatoms. The third-order valence-electron chi connectivity index (χ3n) is 4.75. The molecule has 0 spiro atoms. The Hall–Kier alpha value is -2.17. The van der Waals surface area contributed by atoms with Crippen LogP contribution in [0.25, 0.3) is 0 Å². The summed E-state index contributed by atoms with van der Waals surface area (Å²) >= 11 is 6.39. The number of hydrogen-bond donors (Lipinski definition) is 0. The van der Waals surface area contributed by atoms with Gasteiger partial charge in [-0.05, 0) is 48.8 Å². The largest absolute Gasteiger partial charge is 0.299 e. The van der Waals surface area contributed by atoms with E-state index in [0.29, 0.717) is 16.1 Å². The number of halogens is 1. The van der Waals surface area contributed by atoms with Gasteiger partial charge in [0.05, 0.1) is 17.7 Å². The van der Waals surface area contributed by atoms with Crippen molar-refractivity contribution in [2.75, 3.05) is 13.1 Å². The number of carbonyl (C=O) groups excluding carboxylic acids is 2. The van der Waals surface area contributed by atoms with E-state index >= 15 is 0 Å². The van der Waals surface area contributed by atoms with Crippen LogP contribution in [-0.2, 0) is 13.1 Å². The molecule has 1 saturated heterocycles. The maximum atomic E-state index is 12.6. The maximum Gasteiger partial charge on any atom is 0.261 e. The quantitative estimate of drug-likeness (QED) is 0.801. The number of imide groups is 1. The summed E-state index contributed by atoms with van der Waals surface area (Å²) in [5.74, 6) is -0.490. The van der Waals surface area contributed by atoms with Gasteiger partial charge in [-0.2, -0.15) is 0 Å². The zero-order valence-corrected chi connectivity index (χ0v) is 13.9. The lowest BCUT2D eigenvalue weighted by Gasteiger charge is -2.31. The van der Waals surface area contributed by atoms with Crippen molar-refractivity contribution >= 4 is 23.4 Å². The van der Waals surface area contributed by atoms with Crippen LogP contribution in [0.1, 0.15) is 38.3 Å². The van der Waals surface area contributed by atoms with Crippen LogP contribution < -0.4 is 0 Å². The highest BCUT2D eigenvalue weighted by molar-refractivity contribution is 6.31. The molecule has 0 atom stereocenters. The average molecular weight is 341 g/mol. The summed E-state index contributed by atoms with van der Waals surface area (Å²) in [6.45, 7) is 3.19. The molecule has 2 aliphatic rings. The second-order valence-electron chi connectivity index (χ2n) is 6.25. The van der Waals surface area contributed by atoms with Crippen LogP contribution in [0.15, 0.2) is 42.5 Å². The fourth-order valence-electron chi connectivity index (χ4n) is 3.25. The first-order valence-corrected chi connectivity index (χ1v) is 8.47. The van der Waals surface area contributed by atoms with E-state index in [1.165, 1.54) is 11.3 Å². The summed E-state index contributed by atoms with van der Waals surface area (Å²) in [4.78, 5) is 28.8. The van der Waals surface area contributed by atoms with E-state index in [9.17, 15) is 9.59 Å². The van der Waals surface area contributed by atoms with Crippen molar-refractivity contribution in [2.24, 2.45) is 0 Å². The third kappa shape index (κ3) is 2.52. The highest BCUT2D eigenvalue weighted by Gasteiger charge is 2.35. The van der Waals surface area contributed by atoms with Crippen LogP contribution in [0.3, 0.4) is 0 Å². The van der Waals surface area contributed by atoms with Crippen LogP contribution in [0.2, 0.25) is 5.02 Å². The van der Waals surface area contributed by atoms with Crippen molar-refractivity contribution in [1.82, 2.24) is 9.80 Å². The molecule has 2 heterocycles. The molecule has 4 nitrogen and oxygen atoms in total. The highest BCUT2D eigenvalue weighted by Crippen LogP contribution is 2.29. The van der Waals surface area contributed by atoms with Crippen molar-refractivity contribution in [1.29, 1.82) is 0 Å². The van der Waals surface area contributed by atoms with Crippen LogP contribution in [0.5, 0.6) is 0 Å². The zero-order chi connectivity index (χ0) is 16.7. The van der Waals surface area contributed by atoms with Gasteiger partial charge in [-0.1, -0.05) is 35.9 Å². The molecule has 0 radical (unpaired) electrons. The first-order chi connectivity index (χ1) is 11.6. The van der Waals surface area contributed by atoms with Gasteiger partial charge in [-0.25, -0.2) is 0 Å². The number of carbonyl (C=O) groups is 2. The third-order valence-corrected chi connectivity index (χ3v) is 5.11. The summed E-state index contributed by atoms with van der Waals surface area (Å²) in [6, 6.07) is 12.7. The van der Waals surface area contributed by atoms with Crippen molar-refractivity contribution in [3.05, 3.63) is 69.7 Å². The summed E-state index contributed by atoms with van der Waals surface area (Å²) in [6.07, 6.45) is 1.22. The lowest BCUT2D eigenvalue weighted by molar-refractivity contribution is 0.0641. The van der Waals surface area contributed by atoms with E-state index in [1.54, 1.807) is 24.3 Å². The monoisotopic (exact) mass is 340 g/mol. The van der Waals surface area contributed by atoms with E-state index in [2.05, 4.69) is 4.90 Å². The van der Waals surface area contributed by atoms with E-state index in [1.807, 2.05) is 18.2 Å². The summed E-state index contributed by atoms with van der Waals surface area (Å²) in [7, 11) is 0. The van der Waals surface area contributed by atoms with Gasteiger partial charge in [0.1, 0.15) is 0 Å². The Balaban J connectivity index is 1.64. The average Bonchev–Trinajstić information content (AvgIpc) is 2.79. The second-order valence-corrected chi connectivity index (χ2v) is 6.66. The number of likely N-dealkylation sites (tertiary alicyclic amines) is 1. The summed E-state index contributed by atoms with van der Waals surface area (Å²) in [5.41, 5.74) is 2.89. The van der Waals surface area contributed by atoms with Crippen molar-refractivity contribution < 1.29 is 9.59 Å². The molecule has 2 aliphatic heterocycles. The number of hydrogen-bond acceptors (Lipinski definition) is 3. The van der Waals surface area contributed by atoms with Gasteiger partial charge in [0.2, 0.25) is 0 Å². The molecule has 1 fully saturated rings. The van der Waals surface area contributed by atoms with Crippen LogP contribution >= 0.6 is 11.6 Å². The van der Waals surface area contributed by atoms with Crippen LogP contribution in [0.4, 0.5) is 0 Å². The van der Waals surface area contributed by atoms with Crippen molar-refractivity contribution in [2.45, 2.75) is 19.5 Å². The van der Waals surface area contributed by atoms with E-state index in [0.717, 1.165) is 30.8 Å². The molecule has 0 saturated carbocycles. The van der Waals surface area contributed by atoms with Gasteiger partial charge in [0.15, 0.2) is 0 Å². The first kappa shape index (κ1) is 15.4. The molecule has 0 N–H and O–H groups in total. The smallest absolute Gasteiger partial charge is 0.261 e. The Kier molecular flexibility index (Phi) is 3.87. The zero-order valence-electron chi connectivity index (χ0n) is 13.2. The minimum absolute atomic E-state index is 0.217. The topological polar surface area (TPSA) is 40.6 Å². The minimum Gasteiger partial charge on any atom is -0.299 e. The molecule has 0 bridgehead atoms. The fourth-order valence-corrected chi connectivity index (χ4v) is 3.50. The molecular formula is C19H17ClN2O2. The Labute approximate surface area is 145 Å². The minimum atomic E-state index is -0.245. The molecule has 2 aromatic carbocycles. The normalized spacial score (nSPS) is 17.1. The number of amides is 2. The number of nitrogens with zero attached hydrogens (tertiary/aromatic N) is 2. The fraction of sp³-hybridized carbons (Fsp3) is 0.263. The Morgan fingerprint density at radius 1 is 0.875 bits per heavy atom. The Morgan fingerprint density at radius 2 is 1.54 bits per heavy atom. The molecule has 2 amide bonds. The standard InChI is InChI=1S/C19H17ClN2O2/c20-17-8-3-5-13(11-21-9-4-10-21)16(17)12-22-18(23)14-6-1-2-7-15(14)19(22)24/h1-3,5-8H,4,9-12H2. The van der Waals surface area contributed by atoms with Gasteiger partial charge in [0, 0.05) is 11.6 Å². The van der Waals surface area contributed by atoms with Gasteiger partial charge in [-0.15, -0.1) is 0 Å². The van der Waals surface area contributed by atoms with Gasteiger partial charge >= 0.3 is 0 Å². The molecular weight excluding hydrogens is 324 g/mol. The second kappa shape index (κ2) is 6.04.